The van der Waals surface area contributed by atoms with Gasteiger partial charge in [-0.15, -0.1) is 0 Å². The van der Waals surface area contributed by atoms with Gasteiger partial charge >= 0.3 is 0 Å². The molecule has 1 amide bonds. The van der Waals surface area contributed by atoms with Gasteiger partial charge in [-0.1, -0.05) is 31.2 Å². The van der Waals surface area contributed by atoms with Crippen LogP contribution >= 0.6 is 0 Å². The summed E-state index contributed by atoms with van der Waals surface area (Å²) in [6, 6.07) is 7.85. The molecule has 21 heavy (non-hydrogen) atoms. The fourth-order valence-electron chi connectivity index (χ4n) is 3.22. The molecular formula is C17H26N2O2. The Morgan fingerprint density at radius 3 is 2.81 bits per heavy atom. The molecule has 4 nitrogen and oxygen atoms in total. The number of fused-ring (bicyclic) bond motifs is 1. The lowest BCUT2D eigenvalue weighted by atomic mass is 9.79. The molecule has 4 heteroatoms. The van der Waals surface area contributed by atoms with Crippen LogP contribution in [0.15, 0.2) is 24.3 Å². The van der Waals surface area contributed by atoms with Crippen molar-refractivity contribution in [2.75, 3.05) is 20.6 Å². The van der Waals surface area contributed by atoms with E-state index in [-0.39, 0.29) is 18.5 Å². The Kier molecular flexibility index (Phi) is 5.01. The van der Waals surface area contributed by atoms with Crippen LogP contribution in [0.3, 0.4) is 0 Å². The molecule has 1 aromatic carbocycles. The van der Waals surface area contributed by atoms with E-state index in [0.717, 1.165) is 24.8 Å². The molecule has 0 heterocycles. The van der Waals surface area contributed by atoms with Crippen LogP contribution in [0.5, 0.6) is 0 Å². The highest BCUT2D eigenvalue weighted by atomic mass is 16.3. The van der Waals surface area contributed by atoms with E-state index in [4.69, 9.17) is 0 Å². The van der Waals surface area contributed by atoms with E-state index in [2.05, 4.69) is 11.4 Å². The average molecular weight is 290 g/mol. The first kappa shape index (κ1) is 16.0. The highest BCUT2D eigenvalue weighted by Crippen LogP contribution is 2.34. The molecule has 2 unspecified atom stereocenters. The Balaban J connectivity index is 2.08. The van der Waals surface area contributed by atoms with Crippen LogP contribution in [0, 0.1) is 0 Å². The monoisotopic (exact) mass is 290 g/mol. The van der Waals surface area contributed by atoms with Crippen molar-refractivity contribution in [3.63, 3.8) is 0 Å². The third-order valence-corrected chi connectivity index (χ3v) is 4.42. The Morgan fingerprint density at radius 1 is 1.43 bits per heavy atom. The fourth-order valence-corrected chi connectivity index (χ4v) is 3.22. The number of nitrogens with zero attached hydrogens (tertiary/aromatic N) is 1. The number of benzene rings is 1. The molecule has 0 aliphatic heterocycles. The second-order valence-corrected chi connectivity index (χ2v) is 6.15. The highest BCUT2D eigenvalue weighted by Gasteiger charge is 2.35. The van der Waals surface area contributed by atoms with E-state index in [9.17, 15) is 9.90 Å². The Morgan fingerprint density at radius 2 is 2.14 bits per heavy atom. The largest absolute Gasteiger partial charge is 0.383 e. The van der Waals surface area contributed by atoms with Crippen molar-refractivity contribution in [1.82, 2.24) is 10.2 Å². The molecule has 0 saturated carbocycles. The summed E-state index contributed by atoms with van der Waals surface area (Å²) in [4.78, 5) is 14.2. The van der Waals surface area contributed by atoms with Gasteiger partial charge in [0, 0.05) is 0 Å². The summed E-state index contributed by atoms with van der Waals surface area (Å²) in [6.07, 6.45) is 3.41. The van der Waals surface area contributed by atoms with Crippen LogP contribution < -0.4 is 5.32 Å². The first-order chi connectivity index (χ1) is 9.98. The summed E-state index contributed by atoms with van der Waals surface area (Å²) in [6.45, 7) is 2.28. The first-order valence-corrected chi connectivity index (χ1v) is 7.73. The number of likely N-dealkylation sites (N-methyl/N-ethyl adjacent to an activating group) is 1. The minimum atomic E-state index is -0.935. The van der Waals surface area contributed by atoms with Gasteiger partial charge in [-0.25, -0.2) is 0 Å². The van der Waals surface area contributed by atoms with Crippen LogP contribution in [0.2, 0.25) is 0 Å². The lowest BCUT2D eigenvalue weighted by Gasteiger charge is -2.35. The molecule has 2 N–H and O–H groups in total. The summed E-state index contributed by atoms with van der Waals surface area (Å²) in [5.41, 5.74) is 1.23. The van der Waals surface area contributed by atoms with Crippen molar-refractivity contribution < 1.29 is 9.90 Å². The van der Waals surface area contributed by atoms with E-state index in [1.807, 2.05) is 44.1 Å². The average Bonchev–Trinajstić information content (AvgIpc) is 2.46. The predicted molar refractivity (Wildman–Crippen MR) is 84.1 cm³/mol. The Hall–Kier alpha value is -1.39. The number of aryl methyl sites for hydroxylation is 1. The predicted octanol–water partition coefficient (Wildman–Crippen LogP) is 1.67. The van der Waals surface area contributed by atoms with Crippen molar-refractivity contribution in [3.05, 3.63) is 35.4 Å². The zero-order valence-corrected chi connectivity index (χ0v) is 13.2. The maximum atomic E-state index is 12.2. The van der Waals surface area contributed by atoms with Crippen molar-refractivity contribution in [2.24, 2.45) is 0 Å². The van der Waals surface area contributed by atoms with Crippen molar-refractivity contribution in [1.29, 1.82) is 0 Å². The molecule has 0 spiro atoms. The van der Waals surface area contributed by atoms with Gasteiger partial charge in [0.15, 0.2) is 0 Å². The smallest absolute Gasteiger partial charge is 0.237 e. The number of carbonyl (C=O) groups is 1. The number of hydrogen-bond acceptors (Lipinski definition) is 3. The van der Waals surface area contributed by atoms with E-state index >= 15 is 0 Å². The maximum absolute atomic E-state index is 12.2. The molecule has 116 valence electrons. The van der Waals surface area contributed by atoms with Crippen LogP contribution in [0.4, 0.5) is 0 Å². The number of hydrogen-bond donors (Lipinski definition) is 2. The van der Waals surface area contributed by atoms with E-state index in [1.165, 1.54) is 5.56 Å². The van der Waals surface area contributed by atoms with Crippen LogP contribution in [0.1, 0.15) is 37.3 Å². The highest BCUT2D eigenvalue weighted by molar-refractivity contribution is 5.81. The molecule has 0 bridgehead atoms. The minimum Gasteiger partial charge on any atom is -0.383 e. The van der Waals surface area contributed by atoms with Crippen LogP contribution in [-0.4, -0.2) is 42.6 Å². The topological polar surface area (TPSA) is 52.6 Å². The van der Waals surface area contributed by atoms with Crippen molar-refractivity contribution in [2.45, 2.75) is 44.2 Å². The van der Waals surface area contributed by atoms with Gasteiger partial charge in [-0.3, -0.25) is 9.69 Å². The SMILES string of the molecule is CCC(C(=O)NCC1(O)CCCc2ccccc21)N(C)C. The molecule has 2 rings (SSSR count). The number of rotatable bonds is 5. The Labute approximate surface area is 127 Å². The molecule has 0 aromatic heterocycles. The summed E-state index contributed by atoms with van der Waals surface area (Å²) >= 11 is 0. The second-order valence-electron chi connectivity index (χ2n) is 6.15. The molecular weight excluding hydrogens is 264 g/mol. The van der Waals surface area contributed by atoms with Gasteiger partial charge < -0.3 is 10.4 Å². The normalized spacial score (nSPS) is 22.7. The number of aliphatic hydroxyl groups is 1. The minimum absolute atomic E-state index is 0.0148. The standard InChI is InChI=1S/C17H26N2O2/c1-4-15(19(2)3)16(20)18-12-17(21)11-7-9-13-8-5-6-10-14(13)17/h5-6,8,10,15,21H,4,7,9,11-12H2,1-3H3,(H,18,20). The van der Waals surface area contributed by atoms with E-state index in [1.54, 1.807) is 0 Å². The molecule has 2 atom stereocenters. The van der Waals surface area contributed by atoms with Crippen molar-refractivity contribution in [3.8, 4) is 0 Å². The van der Waals surface area contributed by atoms with Gasteiger partial charge in [-0.2, -0.15) is 0 Å². The summed E-state index contributed by atoms with van der Waals surface area (Å²) < 4.78 is 0. The van der Waals surface area contributed by atoms with Crippen LogP contribution in [-0.2, 0) is 16.8 Å². The molecule has 1 aromatic rings. The number of amides is 1. The lowest BCUT2D eigenvalue weighted by molar-refractivity contribution is -0.127. The second kappa shape index (κ2) is 6.58. The number of carbonyl (C=O) groups excluding carboxylic acids is 1. The molecule has 0 saturated heterocycles. The van der Waals surface area contributed by atoms with Gasteiger partial charge in [-0.05, 0) is 50.9 Å². The van der Waals surface area contributed by atoms with Crippen molar-refractivity contribution >= 4 is 5.91 Å². The summed E-state index contributed by atoms with van der Waals surface area (Å²) in [5.74, 6) is -0.0148. The molecule has 1 aliphatic rings. The van der Waals surface area contributed by atoms with Gasteiger partial charge in [0.1, 0.15) is 5.60 Å². The lowest BCUT2D eigenvalue weighted by Crippen LogP contribution is -2.49. The summed E-state index contributed by atoms with van der Waals surface area (Å²) in [5, 5.41) is 13.9. The quantitative estimate of drug-likeness (QED) is 0.867. The zero-order chi connectivity index (χ0) is 15.5. The zero-order valence-electron chi connectivity index (χ0n) is 13.2. The number of nitrogens with one attached hydrogen (secondary N) is 1. The third-order valence-electron chi connectivity index (χ3n) is 4.42. The third kappa shape index (κ3) is 3.44. The fraction of sp³-hybridized carbons (Fsp3) is 0.588. The molecule has 1 aliphatic carbocycles. The Bertz CT molecular complexity index is 501. The molecule has 0 fully saturated rings. The van der Waals surface area contributed by atoms with E-state index < -0.39 is 5.60 Å². The molecule has 0 radical (unpaired) electrons. The van der Waals surface area contributed by atoms with E-state index in [0.29, 0.717) is 6.42 Å². The van der Waals surface area contributed by atoms with Gasteiger partial charge in [0.05, 0.1) is 12.6 Å². The van der Waals surface area contributed by atoms with Gasteiger partial charge in [0.2, 0.25) is 5.91 Å². The van der Waals surface area contributed by atoms with Crippen LogP contribution in [0.25, 0.3) is 0 Å². The van der Waals surface area contributed by atoms with Gasteiger partial charge in [0.25, 0.3) is 0 Å². The maximum Gasteiger partial charge on any atom is 0.237 e. The first-order valence-electron chi connectivity index (χ1n) is 7.73. The summed E-state index contributed by atoms with van der Waals surface area (Å²) in [7, 11) is 3.80.